The van der Waals surface area contributed by atoms with Crippen molar-refractivity contribution in [1.29, 1.82) is 0 Å². The van der Waals surface area contributed by atoms with Crippen LogP contribution in [0.2, 0.25) is 18.1 Å². The van der Waals surface area contributed by atoms with Gasteiger partial charge >= 0.3 is 0 Å². The molecule has 0 aliphatic heterocycles. The Balaban J connectivity index is 4.90. The molecule has 0 aromatic carbocycles. The monoisotopic (exact) mass is 274 g/mol. The van der Waals surface area contributed by atoms with Gasteiger partial charge in [-0.25, -0.2) is 0 Å². The molecular formula is C15H34O2Si. The van der Waals surface area contributed by atoms with Gasteiger partial charge in [-0.2, -0.15) is 0 Å². The lowest BCUT2D eigenvalue weighted by molar-refractivity contribution is -0.0605. The van der Waals surface area contributed by atoms with Crippen molar-refractivity contribution in [2.75, 3.05) is 0 Å². The Kier molecular flexibility index (Phi) is 6.58. The van der Waals surface area contributed by atoms with Gasteiger partial charge in [-0.1, -0.05) is 47.5 Å². The maximum absolute atomic E-state index is 10.5. The van der Waals surface area contributed by atoms with Crippen LogP contribution in [0.25, 0.3) is 0 Å². The Labute approximate surface area is 115 Å². The Morgan fingerprint density at radius 2 is 1.61 bits per heavy atom. The molecule has 0 aliphatic carbocycles. The van der Waals surface area contributed by atoms with Crippen molar-refractivity contribution in [2.45, 2.75) is 97.1 Å². The summed E-state index contributed by atoms with van der Waals surface area (Å²) in [6.45, 7) is 17.4. The van der Waals surface area contributed by atoms with E-state index in [4.69, 9.17) is 4.43 Å². The summed E-state index contributed by atoms with van der Waals surface area (Å²) in [4.78, 5) is 0. The third-order valence-electron chi connectivity index (χ3n) is 4.47. The highest BCUT2D eigenvalue weighted by Crippen LogP contribution is 2.39. The van der Waals surface area contributed by atoms with Gasteiger partial charge < -0.3 is 9.53 Å². The molecule has 0 saturated heterocycles. The summed E-state index contributed by atoms with van der Waals surface area (Å²) in [6.07, 6.45) is 3.95. The molecular weight excluding hydrogens is 240 g/mol. The molecule has 3 heteroatoms. The van der Waals surface area contributed by atoms with E-state index in [0.717, 1.165) is 25.7 Å². The second-order valence-electron chi connectivity index (χ2n) is 7.22. The van der Waals surface area contributed by atoms with Gasteiger partial charge in [0.15, 0.2) is 8.32 Å². The number of hydrogen-bond acceptors (Lipinski definition) is 2. The minimum atomic E-state index is -1.80. The second kappa shape index (κ2) is 6.53. The lowest BCUT2D eigenvalue weighted by Gasteiger charge is -2.43. The van der Waals surface area contributed by atoms with Crippen LogP contribution in [0.4, 0.5) is 0 Å². The lowest BCUT2D eigenvalue weighted by Crippen LogP contribution is -2.51. The fourth-order valence-electron chi connectivity index (χ4n) is 1.65. The molecule has 0 fully saturated rings. The van der Waals surface area contributed by atoms with Crippen LogP contribution in [0, 0.1) is 0 Å². The molecule has 0 heterocycles. The van der Waals surface area contributed by atoms with Crippen LogP contribution in [-0.2, 0) is 4.43 Å². The largest absolute Gasteiger partial charge is 0.411 e. The molecule has 110 valence electrons. The van der Waals surface area contributed by atoms with Crippen molar-refractivity contribution >= 4 is 8.32 Å². The summed E-state index contributed by atoms with van der Waals surface area (Å²) < 4.78 is 6.45. The zero-order valence-electron chi connectivity index (χ0n) is 13.8. The summed E-state index contributed by atoms with van der Waals surface area (Å²) in [5.74, 6) is 0. The molecule has 0 bridgehead atoms. The predicted molar refractivity (Wildman–Crippen MR) is 82.5 cm³/mol. The van der Waals surface area contributed by atoms with E-state index in [0.29, 0.717) is 0 Å². The smallest absolute Gasteiger partial charge is 0.192 e. The van der Waals surface area contributed by atoms with E-state index in [2.05, 4.69) is 40.8 Å². The van der Waals surface area contributed by atoms with Crippen LogP contribution in [0.3, 0.4) is 0 Å². The van der Waals surface area contributed by atoms with Crippen molar-refractivity contribution in [1.82, 2.24) is 0 Å². The molecule has 2 unspecified atom stereocenters. The Morgan fingerprint density at radius 3 is 1.94 bits per heavy atom. The average Bonchev–Trinajstić information content (AvgIpc) is 2.22. The zero-order valence-corrected chi connectivity index (χ0v) is 14.8. The summed E-state index contributed by atoms with van der Waals surface area (Å²) in [5, 5.41) is 10.7. The summed E-state index contributed by atoms with van der Waals surface area (Å²) in [7, 11) is -1.80. The van der Waals surface area contributed by atoms with Crippen LogP contribution < -0.4 is 0 Å². The second-order valence-corrected chi connectivity index (χ2v) is 12.0. The fourth-order valence-corrected chi connectivity index (χ4v) is 3.08. The van der Waals surface area contributed by atoms with E-state index < -0.39 is 13.9 Å². The first-order valence-electron chi connectivity index (χ1n) is 7.38. The quantitative estimate of drug-likeness (QED) is 0.680. The van der Waals surface area contributed by atoms with Gasteiger partial charge in [-0.05, 0) is 37.9 Å². The third kappa shape index (κ3) is 5.02. The Hall–Kier alpha value is 0.137. The molecule has 2 atom stereocenters. The zero-order chi connectivity index (χ0) is 14.6. The predicted octanol–water partition coefficient (Wildman–Crippen LogP) is 4.73. The van der Waals surface area contributed by atoms with Gasteiger partial charge in [-0.15, -0.1) is 0 Å². The van der Waals surface area contributed by atoms with Gasteiger partial charge in [0.1, 0.15) is 0 Å². The van der Waals surface area contributed by atoms with Crippen LogP contribution >= 0.6 is 0 Å². The van der Waals surface area contributed by atoms with E-state index in [1.54, 1.807) is 0 Å². The van der Waals surface area contributed by atoms with E-state index >= 15 is 0 Å². The summed E-state index contributed by atoms with van der Waals surface area (Å²) in [5.41, 5.74) is -0.704. The highest BCUT2D eigenvalue weighted by molar-refractivity contribution is 6.74. The van der Waals surface area contributed by atoms with Gasteiger partial charge in [-0.3, -0.25) is 0 Å². The maximum Gasteiger partial charge on any atom is 0.192 e. The number of unbranched alkanes of at least 4 members (excludes halogenated alkanes) is 1. The SMILES string of the molecule is CCCCC(O[Si](C)(C)C(C)(C)C)C(C)(O)CC. The minimum absolute atomic E-state index is 0.0247. The van der Waals surface area contributed by atoms with Crippen molar-refractivity contribution in [2.24, 2.45) is 0 Å². The average molecular weight is 275 g/mol. The summed E-state index contributed by atoms with van der Waals surface area (Å²) in [6, 6.07) is 0. The highest BCUT2D eigenvalue weighted by Gasteiger charge is 2.42. The first kappa shape index (κ1) is 18.1. The molecule has 0 spiro atoms. The van der Waals surface area contributed by atoms with E-state index in [1.807, 2.05) is 13.8 Å². The van der Waals surface area contributed by atoms with Gasteiger partial charge in [0.2, 0.25) is 0 Å². The molecule has 0 aliphatic rings. The van der Waals surface area contributed by atoms with E-state index in [1.165, 1.54) is 0 Å². The fraction of sp³-hybridized carbons (Fsp3) is 1.00. The van der Waals surface area contributed by atoms with E-state index in [-0.39, 0.29) is 11.1 Å². The van der Waals surface area contributed by atoms with Crippen molar-refractivity contribution in [3.05, 3.63) is 0 Å². The van der Waals surface area contributed by atoms with Crippen molar-refractivity contribution in [3.8, 4) is 0 Å². The first-order chi connectivity index (χ1) is 7.98. The first-order valence-corrected chi connectivity index (χ1v) is 10.3. The summed E-state index contributed by atoms with van der Waals surface area (Å²) >= 11 is 0. The number of rotatable bonds is 7. The lowest BCUT2D eigenvalue weighted by atomic mass is 9.92. The standard InChI is InChI=1S/C15H34O2Si/c1-9-11-12-13(15(6,16)10-2)17-18(7,8)14(3,4)5/h13,16H,9-12H2,1-8H3. The van der Waals surface area contributed by atoms with Gasteiger partial charge in [0, 0.05) is 0 Å². The molecule has 0 rings (SSSR count). The molecule has 0 radical (unpaired) electrons. The molecule has 18 heavy (non-hydrogen) atoms. The van der Waals surface area contributed by atoms with Gasteiger partial charge in [0.25, 0.3) is 0 Å². The van der Waals surface area contributed by atoms with Crippen molar-refractivity contribution in [3.63, 3.8) is 0 Å². The topological polar surface area (TPSA) is 29.5 Å². The normalized spacial score (nSPS) is 18.5. The Bertz CT molecular complexity index is 241. The molecule has 1 N–H and O–H groups in total. The van der Waals surface area contributed by atoms with Crippen LogP contribution in [-0.4, -0.2) is 25.1 Å². The minimum Gasteiger partial charge on any atom is -0.411 e. The number of hydrogen-bond donors (Lipinski definition) is 1. The van der Waals surface area contributed by atoms with Crippen LogP contribution in [0.1, 0.15) is 67.2 Å². The molecule has 2 nitrogen and oxygen atoms in total. The highest BCUT2D eigenvalue weighted by atomic mass is 28.4. The van der Waals surface area contributed by atoms with Crippen LogP contribution in [0.15, 0.2) is 0 Å². The molecule has 0 saturated carbocycles. The molecule has 0 aromatic rings. The number of aliphatic hydroxyl groups is 1. The van der Waals surface area contributed by atoms with Crippen LogP contribution in [0.5, 0.6) is 0 Å². The Morgan fingerprint density at radius 1 is 1.11 bits per heavy atom. The van der Waals surface area contributed by atoms with Crippen molar-refractivity contribution < 1.29 is 9.53 Å². The molecule has 0 aromatic heterocycles. The molecule has 0 amide bonds. The third-order valence-corrected chi connectivity index (χ3v) is 8.96. The maximum atomic E-state index is 10.5. The van der Waals surface area contributed by atoms with Gasteiger partial charge in [0.05, 0.1) is 11.7 Å². The van der Waals surface area contributed by atoms with E-state index in [9.17, 15) is 5.11 Å².